The summed E-state index contributed by atoms with van der Waals surface area (Å²) in [5, 5.41) is 9.47. The Hall–Kier alpha value is -1.35. The fourth-order valence-electron chi connectivity index (χ4n) is 1.40. The second kappa shape index (κ2) is 4.77. The van der Waals surface area contributed by atoms with Gasteiger partial charge in [0, 0.05) is 0 Å². The van der Waals surface area contributed by atoms with Crippen LogP contribution in [0.1, 0.15) is 18.4 Å². The topological polar surface area (TPSA) is 46.5 Å². The number of aliphatic hydroxyl groups is 1. The van der Waals surface area contributed by atoms with Crippen LogP contribution in [-0.4, -0.2) is 24.3 Å². The van der Waals surface area contributed by atoms with Gasteiger partial charge >= 0.3 is 5.97 Å². The third-order valence-electron chi connectivity index (χ3n) is 2.10. The summed E-state index contributed by atoms with van der Waals surface area (Å²) in [7, 11) is 1.32. The quantitative estimate of drug-likeness (QED) is 0.738. The van der Waals surface area contributed by atoms with Crippen molar-refractivity contribution in [2.24, 2.45) is 0 Å². The van der Waals surface area contributed by atoms with Crippen LogP contribution in [0.2, 0.25) is 0 Å². The third kappa shape index (κ3) is 2.33. The molecular weight excluding hydrogens is 180 g/mol. The number of hydrogen-bond acceptors (Lipinski definition) is 3. The highest BCUT2D eigenvalue weighted by molar-refractivity contribution is 5.78. The van der Waals surface area contributed by atoms with E-state index in [0.717, 1.165) is 5.56 Å². The van der Waals surface area contributed by atoms with Crippen LogP contribution in [0, 0.1) is 0 Å². The van der Waals surface area contributed by atoms with Gasteiger partial charge in [-0.05, 0) is 12.5 Å². The van der Waals surface area contributed by atoms with Gasteiger partial charge in [0.2, 0.25) is 0 Å². The molecule has 3 heteroatoms. The van der Waals surface area contributed by atoms with Gasteiger partial charge in [0.05, 0.1) is 13.2 Å². The summed E-state index contributed by atoms with van der Waals surface area (Å²) < 4.78 is 4.63. The van der Waals surface area contributed by atoms with E-state index >= 15 is 0 Å². The van der Waals surface area contributed by atoms with Gasteiger partial charge in [0.15, 0.2) is 0 Å². The minimum absolute atomic E-state index is 0.411. The second-order valence-electron chi connectivity index (χ2n) is 3.15. The SMILES string of the molecule is COC(=O)[C@H](c1ccccc1)[C@H](C)O. The van der Waals surface area contributed by atoms with Gasteiger partial charge in [0.1, 0.15) is 5.92 Å². The number of methoxy groups -OCH3 is 1. The molecule has 1 aromatic carbocycles. The Kier molecular flexibility index (Phi) is 3.65. The maximum Gasteiger partial charge on any atom is 0.315 e. The summed E-state index contributed by atoms with van der Waals surface area (Å²) in [6, 6.07) is 9.11. The van der Waals surface area contributed by atoms with Crippen LogP contribution < -0.4 is 0 Å². The Morgan fingerprint density at radius 3 is 2.36 bits per heavy atom. The van der Waals surface area contributed by atoms with Crippen LogP contribution in [0.4, 0.5) is 0 Å². The Labute approximate surface area is 83.3 Å². The number of aliphatic hydroxyl groups excluding tert-OH is 1. The molecule has 0 heterocycles. The van der Waals surface area contributed by atoms with Crippen LogP contribution in [0.5, 0.6) is 0 Å². The second-order valence-corrected chi connectivity index (χ2v) is 3.15. The Morgan fingerprint density at radius 2 is 1.93 bits per heavy atom. The van der Waals surface area contributed by atoms with Gasteiger partial charge in [0.25, 0.3) is 0 Å². The first-order valence-corrected chi connectivity index (χ1v) is 4.47. The molecule has 1 rings (SSSR count). The van der Waals surface area contributed by atoms with Crippen molar-refractivity contribution in [3.05, 3.63) is 35.9 Å². The number of hydrogen-bond donors (Lipinski definition) is 1. The van der Waals surface area contributed by atoms with Crippen LogP contribution in [0.25, 0.3) is 0 Å². The van der Waals surface area contributed by atoms with E-state index in [9.17, 15) is 9.90 Å². The van der Waals surface area contributed by atoms with Crippen molar-refractivity contribution in [2.75, 3.05) is 7.11 Å². The number of carbonyl (C=O) groups is 1. The smallest absolute Gasteiger partial charge is 0.315 e. The molecule has 0 aliphatic heterocycles. The summed E-state index contributed by atoms with van der Waals surface area (Å²) >= 11 is 0. The maximum absolute atomic E-state index is 11.4. The minimum atomic E-state index is -0.746. The Morgan fingerprint density at radius 1 is 1.36 bits per heavy atom. The van der Waals surface area contributed by atoms with Crippen molar-refractivity contribution in [1.82, 2.24) is 0 Å². The zero-order valence-electron chi connectivity index (χ0n) is 8.31. The zero-order valence-corrected chi connectivity index (χ0v) is 8.31. The lowest BCUT2D eigenvalue weighted by molar-refractivity contribution is -0.144. The molecule has 76 valence electrons. The van der Waals surface area contributed by atoms with E-state index in [2.05, 4.69) is 4.74 Å². The summed E-state index contributed by atoms with van der Waals surface area (Å²) in [6.07, 6.45) is -0.746. The molecular formula is C11H14O3. The number of rotatable bonds is 3. The summed E-state index contributed by atoms with van der Waals surface area (Å²) in [5.41, 5.74) is 0.773. The van der Waals surface area contributed by atoms with E-state index in [1.54, 1.807) is 19.1 Å². The summed E-state index contributed by atoms with van der Waals surface area (Å²) in [6.45, 7) is 1.58. The molecule has 1 aromatic rings. The first-order chi connectivity index (χ1) is 6.66. The maximum atomic E-state index is 11.4. The van der Waals surface area contributed by atoms with Gasteiger partial charge in [-0.25, -0.2) is 0 Å². The molecule has 0 unspecified atom stereocenters. The fraction of sp³-hybridized carbons (Fsp3) is 0.364. The molecule has 0 saturated heterocycles. The molecule has 0 saturated carbocycles. The van der Waals surface area contributed by atoms with E-state index in [-0.39, 0.29) is 0 Å². The van der Waals surface area contributed by atoms with Crippen molar-refractivity contribution >= 4 is 5.97 Å². The molecule has 2 atom stereocenters. The zero-order chi connectivity index (χ0) is 10.6. The van der Waals surface area contributed by atoms with Gasteiger partial charge in [-0.2, -0.15) is 0 Å². The molecule has 0 aliphatic rings. The van der Waals surface area contributed by atoms with Crippen molar-refractivity contribution in [3.63, 3.8) is 0 Å². The standard InChI is InChI=1S/C11H14O3/c1-8(12)10(11(13)14-2)9-6-4-3-5-7-9/h3-8,10,12H,1-2H3/t8-,10-/m0/s1. The molecule has 0 aromatic heterocycles. The highest BCUT2D eigenvalue weighted by Gasteiger charge is 2.25. The van der Waals surface area contributed by atoms with E-state index in [1.165, 1.54) is 7.11 Å². The Balaban J connectivity index is 2.95. The monoisotopic (exact) mass is 194 g/mol. The molecule has 0 bridgehead atoms. The number of ether oxygens (including phenoxy) is 1. The number of benzene rings is 1. The third-order valence-corrected chi connectivity index (χ3v) is 2.10. The molecule has 14 heavy (non-hydrogen) atoms. The van der Waals surface area contributed by atoms with Gasteiger partial charge in [-0.1, -0.05) is 30.3 Å². The van der Waals surface area contributed by atoms with E-state index < -0.39 is 18.0 Å². The predicted molar refractivity (Wildman–Crippen MR) is 52.9 cm³/mol. The number of esters is 1. The van der Waals surface area contributed by atoms with E-state index in [1.807, 2.05) is 18.2 Å². The van der Waals surface area contributed by atoms with Crippen molar-refractivity contribution in [3.8, 4) is 0 Å². The van der Waals surface area contributed by atoms with Crippen molar-refractivity contribution in [1.29, 1.82) is 0 Å². The summed E-state index contributed by atoms with van der Waals surface area (Å²) in [4.78, 5) is 11.4. The minimum Gasteiger partial charge on any atom is -0.468 e. The molecule has 0 radical (unpaired) electrons. The average Bonchev–Trinajstić information content (AvgIpc) is 2.19. The summed E-state index contributed by atoms with van der Waals surface area (Å²) in [5.74, 6) is -1.01. The van der Waals surface area contributed by atoms with Crippen LogP contribution in [-0.2, 0) is 9.53 Å². The largest absolute Gasteiger partial charge is 0.468 e. The molecule has 0 aliphatic carbocycles. The molecule has 0 fully saturated rings. The van der Waals surface area contributed by atoms with Gasteiger partial charge < -0.3 is 9.84 Å². The molecule has 1 N–H and O–H groups in total. The normalized spacial score (nSPS) is 14.5. The van der Waals surface area contributed by atoms with E-state index in [0.29, 0.717) is 0 Å². The lowest BCUT2D eigenvalue weighted by Gasteiger charge is -2.17. The predicted octanol–water partition coefficient (Wildman–Crippen LogP) is 1.32. The lowest BCUT2D eigenvalue weighted by atomic mass is 9.94. The average molecular weight is 194 g/mol. The molecule has 0 amide bonds. The lowest BCUT2D eigenvalue weighted by Crippen LogP contribution is -2.24. The highest BCUT2D eigenvalue weighted by atomic mass is 16.5. The van der Waals surface area contributed by atoms with Crippen LogP contribution >= 0.6 is 0 Å². The van der Waals surface area contributed by atoms with Crippen molar-refractivity contribution < 1.29 is 14.6 Å². The first kappa shape index (κ1) is 10.7. The molecule has 0 spiro atoms. The number of carbonyl (C=O) groups excluding carboxylic acids is 1. The van der Waals surface area contributed by atoms with Crippen LogP contribution in [0.15, 0.2) is 30.3 Å². The van der Waals surface area contributed by atoms with Gasteiger partial charge in [-0.15, -0.1) is 0 Å². The highest BCUT2D eigenvalue weighted by Crippen LogP contribution is 2.20. The Bertz CT molecular complexity index is 293. The van der Waals surface area contributed by atoms with Gasteiger partial charge in [-0.3, -0.25) is 4.79 Å². The van der Waals surface area contributed by atoms with Crippen molar-refractivity contribution in [2.45, 2.75) is 18.9 Å². The molecule has 3 nitrogen and oxygen atoms in total. The first-order valence-electron chi connectivity index (χ1n) is 4.47. The fourth-order valence-corrected chi connectivity index (χ4v) is 1.40. The van der Waals surface area contributed by atoms with E-state index in [4.69, 9.17) is 0 Å². The van der Waals surface area contributed by atoms with Crippen LogP contribution in [0.3, 0.4) is 0 Å².